The van der Waals surface area contributed by atoms with Crippen LogP contribution in [0.1, 0.15) is 27.7 Å². The molecule has 0 fully saturated rings. The molecule has 1 atom stereocenters. The van der Waals surface area contributed by atoms with Gasteiger partial charge in [0.15, 0.2) is 0 Å². The van der Waals surface area contributed by atoms with Crippen molar-refractivity contribution in [1.82, 2.24) is 5.32 Å². The first-order chi connectivity index (χ1) is 5.49. The molecule has 0 aliphatic heterocycles. The second kappa shape index (κ2) is 4.45. The number of hydrogen-bond acceptors (Lipinski definition) is 3. The molecule has 0 saturated heterocycles. The Bertz CT molecular complexity index is 157. The summed E-state index contributed by atoms with van der Waals surface area (Å²) in [6.07, 6.45) is 0. The average Bonchev–Trinajstić information content (AvgIpc) is 2.03. The van der Waals surface area contributed by atoms with E-state index in [1.807, 2.05) is 27.7 Å². The van der Waals surface area contributed by atoms with Gasteiger partial charge in [0.1, 0.15) is 5.54 Å². The van der Waals surface area contributed by atoms with Crippen LogP contribution < -0.4 is 5.32 Å². The average molecular weight is 173 g/mol. The zero-order valence-corrected chi connectivity index (χ0v) is 8.60. The summed E-state index contributed by atoms with van der Waals surface area (Å²) in [5.74, 6) is 0.0454. The van der Waals surface area contributed by atoms with Gasteiger partial charge in [0.25, 0.3) is 0 Å². The van der Waals surface area contributed by atoms with Crippen LogP contribution in [0.5, 0.6) is 0 Å². The Morgan fingerprint density at radius 2 is 2.08 bits per heavy atom. The highest BCUT2D eigenvalue weighted by molar-refractivity contribution is 5.80. The standard InChI is InChI=1S/C9H19NO2/c1-6-12-8(11)9(4,10-5)7(2)3/h7,10H,6H2,1-5H3. The quantitative estimate of drug-likeness (QED) is 0.649. The number of rotatable bonds is 4. The van der Waals surface area contributed by atoms with Crippen LogP contribution in [0.3, 0.4) is 0 Å². The van der Waals surface area contributed by atoms with E-state index in [0.717, 1.165) is 0 Å². The van der Waals surface area contributed by atoms with E-state index in [9.17, 15) is 4.79 Å². The predicted octanol–water partition coefficient (Wildman–Crippen LogP) is 1.18. The van der Waals surface area contributed by atoms with Crippen LogP contribution >= 0.6 is 0 Å². The first-order valence-corrected chi connectivity index (χ1v) is 4.35. The van der Waals surface area contributed by atoms with Gasteiger partial charge in [-0.2, -0.15) is 0 Å². The third-order valence-electron chi connectivity index (χ3n) is 2.37. The predicted molar refractivity (Wildman–Crippen MR) is 48.9 cm³/mol. The van der Waals surface area contributed by atoms with Gasteiger partial charge in [-0.15, -0.1) is 0 Å². The summed E-state index contributed by atoms with van der Waals surface area (Å²) < 4.78 is 4.96. The molecule has 0 saturated carbocycles. The molecule has 0 aromatic heterocycles. The summed E-state index contributed by atoms with van der Waals surface area (Å²) in [7, 11) is 1.77. The van der Waals surface area contributed by atoms with E-state index in [2.05, 4.69) is 5.32 Å². The topological polar surface area (TPSA) is 38.3 Å². The van der Waals surface area contributed by atoms with Crippen LogP contribution in [0.4, 0.5) is 0 Å². The molecule has 1 unspecified atom stereocenters. The highest BCUT2D eigenvalue weighted by Crippen LogP contribution is 2.17. The molecule has 3 heteroatoms. The van der Waals surface area contributed by atoms with E-state index < -0.39 is 5.54 Å². The Morgan fingerprint density at radius 3 is 2.33 bits per heavy atom. The van der Waals surface area contributed by atoms with Crippen molar-refractivity contribution in [1.29, 1.82) is 0 Å². The minimum atomic E-state index is -0.560. The molecule has 0 aliphatic rings. The second-order valence-corrected chi connectivity index (χ2v) is 3.33. The molecule has 3 nitrogen and oxygen atoms in total. The smallest absolute Gasteiger partial charge is 0.326 e. The monoisotopic (exact) mass is 173 g/mol. The Labute approximate surface area is 74.5 Å². The normalized spacial score (nSPS) is 15.8. The molecule has 0 rings (SSSR count). The Balaban J connectivity index is 4.40. The minimum Gasteiger partial charge on any atom is -0.465 e. The van der Waals surface area contributed by atoms with Crippen LogP contribution in [0.25, 0.3) is 0 Å². The van der Waals surface area contributed by atoms with Crippen LogP contribution in [0.15, 0.2) is 0 Å². The van der Waals surface area contributed by atoms with E-state index >= 15 is 0 Å². The van der Waals surface area contributed by atoms with Gasteiger partial charge in [-0.1, -0.05) is 13.8 Å². The van der Waals surface area contributed by atoms with Crippen LogP contribution in [0, 0.1) is 5.92 Å². The number of hydrogen-bond donors (Lipinski definition) is 1. The first-order valence-electron chi connectivity index (χ1n) is 4.35. The van der Waals surface area contributed by atoms with Gasteiger partial charge in [0.2, 0.25) is 0 Å². The van der Waals surface area contributed by atoms with Crippen molar-refractivity contribution < 1.29 is 9.53 Å². The molecule has 0 bridgehead atoms. The van der Waals surface area contributed by atoms with Crippen molar-refractivity contribution in [2.24, 2.45) is 5.92 Å². The van der Waals surface area contributed by atoms with Crippen molar-refractivity contribution in [2.45, 2.75) is 33.2 Å². The van der Waals surface area contributed by atoms with Gasteiger partial charge in [-0.25, -0.2) is 0 Å². The van der Waals surface area contributed by atoms with E-state index in [4.69, 9.17) is 4.74 Å². The molecule has 0 heterocycles. The van der Waals surface area contributed by atoms with E-state index in [1.54, 1.807) is 7.05 Å². The molecule has 0 radical (unpaired) electrons. The molecule has 0 amide bonds. The molecule has 12 heavy (non-hydrogen) atoms. The summed E-state index contributed by atoms with van der Waals surface area (Å²) in [5, 5.41) is 2.99. The van der Waals surface area contributed by atoms with Gasteiger partial charge in [0.05, 0.1) is 6.61 Å². The molecular formula is C9H19NO2. The second-order valence-electron chi connectivity index (χ2n) is 3.33. The maximum atomic E-state index is 11.5. The van der Waals surface area contributed by atoms with Crippen molar-refractivity contribution in [3.63, 3.8) is 0 Å². The van der Waals surface area contributed by atoms with Crippen molar-refractivity contribution in [3.8, 4) is 0 Å². The van der Waals surface area contributed by atoms with Crippen molar-refractivity contribution >= 4 is 5.97 Å². The Hall–Kier alpha value is -0.570. The van der Waals surface area contributed by atoms with Gasteiger partial charge in [0, 0.05) is 0 Å². The molecule has 0 spiro atoms. The fourth-order valence-electron chi connectivity index (χ4n) is 0.907. The SMILES string of the molecule is CCOC(=O)C(C)(NC)C(C)C. The zero-order chi connectivity index (χ0) is 9.78. The van der Waals surface area contributed by atoms with E-state index in [1.165, 1.54) is 0 Å². The number of carbonyl (C=O) groups is 1. The number of ether oxygens (including phenoxy) is 1. The lowest BCUT2D eigenvalue weighted by Gasteiger charge is -2.30. The van der Waals surface area contributed by atoms with Crippen LogP contribution in [0.2, 0.25) is 0 Å². The molecule has 1 N–H and O–H groups in total. The Kier molecular flexibility index (Phi) is 4.24. The third kappa shape index (κ3) is 2.21. The molecule has 0 aromatic rings. The minimum absolute atomic E-state index is 0.178. The summed E-state index contributed by atoms with van der Waals surface area (Å²) in [6.45, 7) is 8.09. The number of nitrogens with one attached hydrogen (secondary N) is 1. The van der Waals surface area contributed by atoms with Crippen molar-refractivity contribution in [3.05, 3.63) is 0 Å². The molecular weight excluding hydrogens is 154 g/mol. The largest absolute Gasteiger partial charge is 0.465 e. The summed E-state index contributed by atoms with van der Waals surface area (Å²) in [6, 6.07) is 0. The zero-order valence-electron chi connectivity index (χ0n) is 8.60. The molecule has 0 aromatic carbocycles. The number of likely N-dealkylation sites (N-methyl/N-ethyl adjacent to an activating group) is 1. The van der Waals surface area contributed by atoms with Gasteiger partial charge < -0.3 is 10.1 Å². The molecule has 72 valence electrons. The number of esters is 1. The van der Waals surface area contributed by atoms with Gasteiger partial charge in [-0.05, 0) is 26.8 Å². The van der Waals surface area contributed by atoms with Crippen LogP contribution in [-0.2, 0) is 9.53 Å². The summed E-state index contributed by atoms with van der Waals surface area (Å²) in [4.78, 5) is 11.5. The highest BCUT2D eigenvalue weighted by atomic mass is 16.5. The fourth-order valence-corrected chi connectivity index (χ4v) is 0.907. The lowest BCUT2D eigenvalue weighted by Crippen LogP contribution is -2.52. The van der Waals surface area contributed by atoms with Gasteiger partial charge >= 0.3 is 5.97 Å². The van der Waals surface area contributed by atoms with E-state index in [-0.39, 0.29) is 11.9 Å². The summed E-state index contributed by atoms with van der Waals surface area (Å²) >= 11 is 0. The lowest BCUT2D eigenvalue weighted by molar-refractivity contribution is -0.152. The molecule has 0 aliphatic carbocycles. The van der Waals surface area contributed by atoms with Gasteiger partial charge in [-0.3, -0.25) is 4.79 Å². The lowest BCUT2D eigenvalue weighted by atomic mass is 9.89. The van der Waals surface area contributed by atoms with Crippen molar-refractivity contribution in [2.75, 3.05) is 13.7 Å². The van der Waals surface area contributed by atoms with E-state index in [0.29, 0.717) is 6.61 Å². The maximum absolute atomic E-state index is 11.5. The highest BCUT2D eigenvalue weighted by Gasteiger charge is 2.36. The third-order valence-corrected chi connectivity index (χ3v) is 2.37. The summed E-state index contributed by atoms with van der Waals surface area (Å²) in [5.41, 5.74) is -0.560. The van der Waals surface area contributed by atoms with Crippen LogP contribution in [-0.4, -0.2) is 25.2 Å². The maximum Gasteiger partial charge on any atom is 0.326 e. The Morgan fingerprint density at radius 1 is 1.58 bits per heavy atom. The first kappa shape index (κ1) is 11.4. The number of carbonyl (C=O) groups excluding carboxylic acids is 1. The fraction of sp³-hybridized carbons (Fsp3) is 0.889.